The van der Waals surface area contributed by atoms with Crippen molar-refractivity contribution in [3.8, 4) is 0 Å². The SMILES string of the molecule is IC1=CCCc2c1ccc1ccccc21. The van der Waals surface area contributed by atoms with Gasteiger partial charge in [0, 0.05) is 3.58 Å². The Kier molecular flexibility index (Phi) is 2.28. The number of rotatable bonds is 0. The lowest BCUT2D eigenvalue weighted by Gasteiger charge is -2.16. The summed E-state index contributed by atoms with van der Waals surface area (Å²) < 4.78 is 1.40. The Hall–Kier alpha value is -0.830. The first-order chi connectivity index (χ1) is 7.36. The summed E-state index contributed by atoms with van der Waals surface area (Å²) in [5, 5.41) is 2.79. The van der Waals surface area contributed by atoms with Crippen LogP contribution in [-0.2, 0) is 6.42 Å². The quantitative estimate of drug-likeness (QED) is 0.626. The third-order valence-corrected chi connectivity index (χ3v) is 4.04. The Morgan fingerprint density at radius 3 is 2.80 bits per heavy atom. The molecule has 0 bridgehead atoms. The van der Waals surface area contributed by atoms with E-state index in [9.17, 15) is 0 Å². The van der Waals surface area contributed by atoms with Gasteiger partial charge in [-0.2, -0.15) is 0 Å². The second kappa shape index (κ2) is 3.63. The smallest absolute Gasteiger partial charge is 0.0165 e. The predicted molar refractivity (Wildman–Crippen MR) is 74.3 cm³/mol. The molecule has 15 heavy (non-hydrogen) atoms. The fourth-order valence-electron chi connectivity index (χ4n) is 2.28. The van der Waals surface area contributed by atoms with E-state index < -0.39 is 0 Å². The fraction of sp³-hybridized carbons (Fsp3) is 0.143. The zero-order valence-electron chi connectivity index (χ0n) is 8.33. The van der Waals surface area contributed by atoms with Gasteiger partial charge in [0.1, 0.15) is 0 Å². The van der Waals surface area contributed by atoms with Crippen molar-refractivity contribution in [1.82, 2.24) is 0 Å². The molecule has 2 aromatic carbocycles. The third-order valence-electron chi connectivity index (χ3n) is 3.02. The molecular formula is C14H11I. The minimum Gasteiger partial charge on any atom is -0.0702 e. The molecule has 1 heteroatoms. The van der Waals surface area contributed by atoms with Crippen LogP contribution < -0.4 is 0 Å². The Morgan fingerprint density at radius 1 is 1.00 bits per heavy atom. The first-order valence-electron chi connectivity index (χ1n) is 5.23. The summed E-state index contributed by atoms with van der Waals surface area (Å²) in [6.07, 6.45) is 4.69. The molecule has 0 radical (unpaired) electrons. The third kappa shape index (κ3) is 1.49. The van der Waals surface area contributed by atoms with Crippen molar-refractivity contribution in [3.63, 3.8) is 0 Å². The molecule has 0 aromatic heterocycles. The van der Waals surface area contributed by atoms with Gasteiger partial charge in [-0.25, -0.2) is 0 Å². The van der Waals surface area contributed by atoms with Gasteiger partial charge in [0.2, 0.25) is 0 Å². The Bertz CT molecular complexity index is 552. The number of hydrogen-bond donors (Lipinski definition) is 0. The minimum absolute atomic E-state index is 1.18. The molecule has 74 valence electrons. The molecule has 0 saturated carbocycles. The van der Waals surface area contributed by atoms with Crippen LogP contribution in [0.4, 0.5) is 0 Å². The van der Waals surface area contributed by atoms with E-state index in [-0.39, 0.29) is 0 Å². The molecular weight excluding hydrogens is 295 g/mol. The largest absolute Gasteiger partial charge is 0.0702 e. The van der Waals surface area contributed by atoms with E-state index >= 15 is 0 Å². The van der Waals surface area contributed by atoms with Crippen molar-refractivity contribution < 1.29 is 0 Å². The lowest BCUT2D eigenvalue weighted by atomic mass is 9.92. The minimum atomic E-state index is 1.18. The highest BCUT2D eigenvalue weighted by Gasteiger charge is 2.12. The standard InChI is InChI=1S/C14H11I/c15-14-7-3-6-12-11-5-2-1-4-10(11)8-9-13(12)14/h1-2,4-5,7-9H,3,6H2. The van der Waals surface area contributed by atoms with E-state index in [2.05, 4.69) is 65.1 Å². The van der Waals surface area contributed by atoms with Gasteiger partial charge in [-0.15, -0.1) is 0 Å². The first kappa shape index (κ1) is 9.40. The number of halogens is 1. The maximum atomic E-state index is 2.44. The fourth-order valence-corrected chi connectivity index (χ4v) is 3.10. The summed E-state index contributed by atoms with van der Waals surface area (Å²) in [6, 6.07) is 13.2. The van der Waals surface area contributed by atoms with Crippen LogP contribution in [0.25, 0.3) is 14.4 Å². The van der Waals surface area contributed by atoms with Gasteiger partial charge in [-0.05, 0) is 57.3 Å². The predicted octanol–water partition coefficient (Wildman–Crippen LogP) is 4.56. The first-order valence-corrected chi connectivity index (χ1v) is 6.31. The Morgan fingerprint density at radius 2 is 1.87 bits per heavy atom. The summed E-state index contributed by atoms with van der Waals surface area (Å²) in [7, 11) is 0. The molecule has 0 fully saturated rings. The molecule has 0 amide bonds. The number of benzene rings is 2. The van der Waals surface area contributed by atoms with Gasteiger partial charge in [0.15, 0.2) is 0 Å². The number of fused-ring (bicyclic) bond motifs is 3. The van der Waals surface area contributed by atoms with Crippen molar-refractivity contribution in [1.29, 1.82) is 0 Å². The number of hydrogen-bond acceptors (Lipinski definition) is 0. The maximum Gasteiger partial charge on any atom is 0.0165 e. The van der Waals surface area contributed by atoms with Crippen LogP contribution in [0.2, 0.25) is 0 Å². The van der Waals surface area contributed by atoms with Crippen LogP contribution in [0, 0.1) is 0 Å². The molecule has 0 atom stereocenters. The molecule has 0 unspecified atom stereocenters. The van der Waals surface area contributed by atoms with Gasteiger partial charge >= 0.3 is 0 Å². The molecule has 0 N–H and O–H groups in total. The second-order valence-electron chi connectivity index (χ2n) is 3.90. The van der Waals surface area contributed by atoms with Crippen molar-refractivity contribution in [2.45, 2.75) is 12.8 Å². The zero-order valence-corrected chi connectivity index (χ0v) is 10.5. The lowest BCUT2D eigenvalue weighted by molar-refractivity contribution is 0.996. The normalized spacial score (nSPS) is 14.9. The summed E-state index contributed by atoms with van der Waals surface area (Å²) in [6.45, 7) is 0. The average Bonchev–Trinajstić information content (AvgIpc) is 2.29. The summed E-state index contributed by atoms with van der Waals surface area (Å²) >= 11 is 2.44. The molecule has 0 aliphatic heterocycles. The number of allylic oxidation sites excluding steroid dienone is 1. The van der Waals surface area contributed by atoms with Crippen molar-refractivity contribution in [2.75, 3.05) is 0 Å². The lowest BCUT2D eigenvalue weighted by Crippen LogP contribution is -1.97. The van der Waals surface area contributed by atoms with Crippen LogP contribution in [0.1, 0.15) is 17.5 Å². The molecule has 0 saturated heterocycles. The average molecular weight is 306 g/mol. The topological polar surface area (TPSA) is 0 Å². The van der Waals surface area contributed by atoms with E-state index in [0.717, 1.165) is 0 Å². The van der Waals surface area contributed by atoms with Gasteiger partial charge < -0.3 is 0 Å². The van der Waals surface area contributed by atoms with E-state index in [4.69, 9.17) is 0 Å². The molecule has 0 spiro atoms. The molecule has 3 rings (SSSR count). The summed E-state index contributed by atoms with van der Waals surface area (Å²) in [5.41, 5.74) is 2.96. The molecule has 1 aliphatic carbocycles. The second-order valence-corrected chi connectivity index (χ2v) is 5.07. The van der Waals surface area contributed by atoms with E-state index in [1.54, 1.807) is 0 Å². The highest BCUT2D eigenvalue weighted by atomic mass is 127. The van der Waals surface area contributed by atoms with Crippen LogP contribution in [0.3, 0.4) is 0 Å². The number of aryl methyl sites for hydroxylation is 1. The summed E-state index contributed by atoms with van der Waals surface area (Å²) in [5.74, 6) is 0. The van der Waals surface area contributed by atoms with Crippen LogP contribution in [0.15, 0.2) is 42.5 Å². The van der Waals surface area contributed by atoms with Crippen LogP contribution in [-0.4, -0.2) is 0 Å². The molecule has 1 aliphatic rings. The zero-order chi connectivity index (χ0) is 10.3. The Balaban J connectivity index is 2.39. The van der Waals surface area contributed by atoms with E-state index in [1.807, 2.05) is 0 Å². The van der Waals surface area contributed by atoms with Crippen molar-refractivity contribution >= 4 is 36.9 Å². The molecule has 0 heterocycles. The van der Waals surface area contributed by atoms with Gasteiger partial charge in [-0.1, -0.05) is 42.5 Å². The maximum absolute atomic E-state index is 2.44. The van der Waals surface area contributed by atoms with Crippen LogP contribution >= 0.6 is 22.6 Å². The Labute approximate surface area is 103 Å². The highest BCUT2D eigenvalue weighted by molar-refractivity contribution is 14.1. The van der Waals surface area contributed by atoms with Crippen molar-refractivity contribution in [3.05, 3.63) is 53.6 Å². The van der Waals surface area contributed by atoms with Gasteiger partial charge in [0.25, 0.3) is 0 Å². The monoisotopic (exact) mass is 306 g/mol. The highest BCUT2D eigenvalue weighted by Crippen LogP contribution is 2.35. The summed E-state index contributed by atoms with van der Waals surface area (Å²) in [4.78, 5) is 0. The van der Waals surface area contributed by atoms with Gasteiger partial charge in [-0.3, -0.25) is 0 Å². The van der Waals surface area contributed by atoms with Gasteiger partial charge in [0.05, 0.1) is 0 Å². The van der Waals surface area contributed by atoms with E-state index in [1.165, 1.54) is 38.3 Å². The van der Waals surface area contributed by atoms with Crippen LogP contribution in [0.5, 0.6) is 0 Å². The van der Waals surface area contributed by atoms with E-state index in [0.29, 0.717) is 0 Å². The molecule has 0 nitrogen and oxygen atoms in total. The molecule has 2 aromatic rings. The van der Waals surface area contributed by atoms with Crippen molar-refractivity contribution in [2.24, 2.45) is 0 Å².